The summed E-state index contributed by atoms with van der Waals surface area (Å²) in [5, 5.41) is 28.6. The number of nitro benzene ring substituents is 1. The molecule has 0 heterocycles. The van der Waals surface area contributed by atoms with Gasteiger partial charge in [0, 0.05) is 11.0 Å². The van der Waals surface area contributed by atoms with Gasteiger partial charge in [-0.3, -0.25) is 14.9 Å². The number of carboxylic acids is 1. The minimum atomic E-state index is -0.914. The van der Waals surface area contributed by atoms with Gasteiger partial charge in [-0.15, -0.1) is 0 Å². The summed E-state index contributed by atoms with van der Waals surface area (Å²) >= 11 is 1.19. The van der Waals surface area contributed by atoms with Gasteiger partial charge >= 0.3 is 5.97 Å². The Kier molecular flexibility index (Phi) is 4.76. The largest absolute Gasteiger partial charge is 0.481 e. The molecule has 22 heavy (non-hydrogen) atoms. The van der Waals surface area contributed by atoms with Crippen molar-refractivity contribution in [3.8, 4) is 6.07 Å². The Morgan fingerprint density at radius 1 is 1.27 bits per heavy atom. The van der Waals surface area contributed by atoms with E-state index in [0.29, 0.717) is 10.5 Å². The zero-order chi connectivity index (χ0) is 16.1. The molecule has 0 amide bonds. The van der Waals surface area contributed by atoms with Gasteiger partial charge in [-0.05, 0) is 29.8 Å². The van der Waals surface area contributed by atoms with Crippen molar-refractivity contribution in [1.82, 2.24) is 0 Å². The number of carboxylic acid groups (broad SMARTS) is 1. The molecule has 7 heteroatoms. The predicted octanol–water partition coefficient (Wildman–Crippen LogP) is 3.24. The maximum atomic E-state index is 11.1. The summed E-state index contributed by atoms with van der Waals surface area (Å²) in [6, 6.07) is 12.9. The number of aliphatic carboxylic acids is 1. The second-order valence-corrected chi connectivity index (χ2v) is 5.48. The molecule has 2 rings (SSSR count). The van der Waals surface area contributed by atoms with Crippen LogP contribution in [0.25, 0.3) is 0 Å². The zero-order valence-corrected chi connectivity index (χ0v) is 12.0. The van der Waals surface area contributed by atoms with Gasteiger partial charge in [-0.25, -0.2) is 0 Å². The van der Waals surface area contributed by atoms with Crippen molar-refractivity contribution in [2.24, 2.45) is 0 Å². The lowest BCUT2D eigenvalue weighted by atomic mass is 10.2. The molecule has 0 radical (unpaired) electrons. The Morgan fingerprint density at radius 2 is 1.95 bits per heavy atom. The minimum absolute atomic E-state index is 0.0675. The van der Waals surface area contributed by atoms with Crippen LogP contribution >= 0.6 is 11.8 Å². The highest BCUT2D eigenvalue weighted by Gasteiger charge is 2.15. The molecule has 2 aromatic rings. The van der Waals surface area contributed by atoms with Crippen LogP contribution in [0, 0.1) is 21.4 Å². The Bertz CT molecular complexity index is 766. The lowest BCUT2D eigenvalue weighted by molar-refractivity contribution is -0.387. The third kappa shape index (κ3) is 3.84. The van der Waals surface area contributed by atoms with E-state index < -0.39 is 10.9 Å². The highest BCUT2D eigenvalue weighted by Crippen LogP contribution is 2.35. The second kappa shape index (κ2) is 6.74. The van der Waals surface area contributed by atoms with Crippen molar-refractivity contribution in [3.63, 3.8) is 0 Å². The molecule has 110 valence electrons. The van der Waals surface area contributed by atoms with E-state index in [1.807, 2.05) is 6.07 Å². The molecule has 2 aromatic carbocycles. The van der Waals surface area contributed by atoms with Crippen LogP contribution in [0.5, 0.6) is 0 Å². The van der Waals surface area contributed by atoms with E-state index >= 15 is 0 Å². The number of rotatable bonds is 5. The Balaban J connectivity index is 2.25. The molecule has 1 N–H and O–H groups in total. The van der Waals surface area contributed by atoms with Crippen molar-refractivity contribution in [1.29, 1.82) is 5.26 Å². The summed E-state index contributed by atoms with van der Waals surface area (Å²) in [5.41, 5.74) is 0.762. The van der Waals surface area contributed by atoms with Gasteiger partial charge in [-0.2, -0.15) is 5.26 Å². The molecule has 0 fully saturated rings. The van der Waals surface area contributed by atoms with Crippen LogP contribution < -0.4 is 0 Å². The van der Waals surface area contributed by atoms with Crippen LogP contribution in [0.3, 0.4) is 0 Å². The molecular weight excluding hydrogens is 304 g/mol. The van der Waals surface area contributed by atoms with Gasteiger partial charge in [0.15, 0.2) is 0 Å². The van der Waals surface area contributed by atoms with Gasteiger partial charge in [-0.1, -0.05) is 23.9 Å². The first-order valence-corrected chi connectivity index (χ1v) is 6.98. The quantitative estimate of drug-likeness (QED) is 0.671. The van der Waals surface area contributed by atoms with Gasteiger partial charge in [0.05, 0.1) is 27.9 Å². The van der Waals surface area contributed by atoms with Crippen LogP contribution in [0.1, 0.15) is 11.1 Å². The zero-order valence-electron chi connectivity index (χ0n) is 11.2. The highest BCUT2D eigenvalue weighted by atomic mass is 32.2. The molecular formula is C15H10N2O4S. The SMILES string of the molecule is N#Cc1ccc(Sc2ccc(CC(=O)O)cc2)c([N+](=O)[O-])c1. The molecule has 0 saturated heterocycles. The molecule has 0 bridgehead atoms. The summed E-state index contributed by atoms with van der Waals surface area (Å²) in [5.74, 6) is -0.914. The van der Waals surface area contributed by atoms with Crippen molar-refractivity contribution < 1.29 is 14.8 Å². The van der Waals surface area contributed by atoms with Gasteiger partial charge in [0.25, 0.3) is 5.69 Å². The van der Waals surface area contributed by atoms with Gasteiger partial charge in [0.2, 0.25) is 0 Å². The molecule has 0 spiro atoms. The predicted molar refractivity (Wildman–Crippen MR) is 79.7 cm³/mol. The van der Waals surface area contributed by atoms with Crippen LogP contribution in [-0.4, -0.2) is 16.0 Å². The smallest absolute Gasteiger partial charge is 0.307 e. The molecule has 0 saturated carbocycles. The van der Waals surface area contributed by atoms with E-state index in [2.05, 4.69) is 0 Å². The molecule has 0 aromatic heterocycles. The fourth-order valence-corrected chi connectivity index (χ4v) is 2.69. The van der Waals surface area contributed by atoms with Crippen LogP contribution in [0.2, 0.25) is 0 Å². The molecule has 0 aliphatic heterocycles. The lowest BCUT2D eigenvalue weighted by Crippen LogP contribution is -1.99. The van der Waals surface area contributed by atoms with Crippen molar-refractivity contribution >= 4 is 23.4 Å². The van der Waals surface area contributed by atoms with E-state index in [9.17, 15) is 14.9 Å². The third-order valence-corrected chi connectivity index (χ3v) is 3.86. The van der Waals surface area contributed by atoms with E-state index in [0.717, 1.165) is 4.90 Å². The summed E-state index contributed by atoms with van der Waals surface area (Å²) < 4.78 is 0. The van der Waals surface area contributed by atoms with Crippen LogP contribution in [0.15, 0.2) is 52.3 Å². The van der Waals surface area contributed by atoms with Crippen LogP contribution in [-0.2, 0) is 11.2 Å². The van der Waals surface area contributed by atoms with Gasteiger partial charge in [0.1, 0.15) is 0 Å². The monoisotopic (exact) mass is 314 g/mol. The molecule has 0 aliphatic carbocycles. The molecule has 6 nitrogen and oxygen atoms in total. The summed E-state index contributed by atoms with van der Waals surface area (Å²) in [6.07, 6.45) is -0.0675. The van der Waals surface area contributed by atoms with E-state index in [4.69, 9.17) is 10.4 Å². The van der Waals surface area contributed by atoms with Crippen molar-refractivity contribution in [3.05, 3.63) is 63.7 Å². The number of hydrogen-bond acceptors (Lipinski definition) is 5. The summed E-state index contributed by atoms with van der Waals surface area (Å²) in [4.78, 5) is 22.3. The number of nitro groups is 1. The average Bonchev–Trinajstić information content (AvgIpc) is 2.49. The number of benzene rings is 2. The number of nitriles is 1. The second-order valence-electron chi connectivity index (χ2n) is 4.37. The lowest BCUT2D eigenvalue weighted by Gasteiger charge is -2.04. The van der Waals surface area contributed by atoms with E-state index in [1.165, 1.54) is 30.0 Å². The fourth-order valence-electron chi connectivity index (χ4n) is 1.79. The van der Waals surface area contributed by atoms with Gasteiger partial charge < -0.3 is 5.11 Å². The number of nitrogens with zero attached hydrogens (tertiary/aromatic N) is 2. The Labute approximate surface area is 130 Å². The Morgan fingerprint density at radius 3 is 2.50 bits per heavy atom. The molecule has 0 atom stereocenters. The van der Waals surface area contributed by atoms with E-state index in [1.54, 1.807) is 24.3 Å². The first-order valence-electron chi connectivity index (χ1n) is 6.16. The fraction of sp³-hybridized carbons (Fsp3) is 0.0667. The summed E-state index contributed by atoms with van der Waals surface area (Å²) in [6.45, 7) is 0. The first-order chi connectivity index (χ1) is 10.5. The first kappa shape index (κ1) is 15.5. The normalized spacial score (nSPS) is 9.95. The molecule has 0 unspecified atom stereocenters. The topological polar surface area (TPSA) is 104 Å². The van der Waals surface area contributed by atoms with Crippen molar-refractivity contribution in [2.45, 2.75) is 16.2 Å². The maximum absolute atomic E-state index is 11.1. The standard InChI is InChI=1S/C15H10N2O4S/c16-9-11-3-6-14(13(7-11)17(20)21)22-12-4-1-10(2-5-12)8-15(18)19/h1-7H,8H2,(H,18,19). The number of hydrogen-bond donors (Lipinski definition) is 1. The average molecular weight is 314 g/mol. The Hall–Kier alpha value is -2.85. The van der Waals surface area contributed by atoms with Crippen LogP contribution in [0.4, 0.5) is 5.69 Å². The number of carbonyl (C=O) groups is 1. The van der Waals surface area contributed by atoms with Crippen molar-refractivity contribution in [2.75, 3.05) is 0 Å². The minimum Gasteiger partial charge on any atom is -0.481 e. The summed E-state index contributed by atoms with van der Waals surface area (Å²) in [7, 11) is 0. The molecule has 0 aliphatic rings. The van der Waals surface area contributed by atoms with E-state index in [-0.39, 0.29) is 17.7 Å². The maximum Gasteiger partial charge on any atom is 0.307 e. The third-order valence-electron chi connectivity index (χ3n) is 2.79. The highest BCUT2D eigenvalue weighted by molar-refractivity contribution is 7.99.